The van der Waals surface area contributed by atoms with E-state index in [9.17, 15) is 14.0 Å². The van der Waals surface area contributed by atoms with Crippen LogP contribution in [-0.2, 0) is 4.74 Å². The van der Waals surface area contributed by atoms with E-state index in [0.717, 1.165) is 10.6 Å². The van der Waals surface area contributed by atoms with Gasteiger partial charge in [-0.1, -0.05) is 18.2 Å². The van der Waals surface area contributed by atoms with Gasteiger partial charge in [0.2, 0.25) is 0 Å². The fraction of sp³-hybridized carbons (Fsp3) is 0.208. The molecule has 172 valence electrons. The molecule has 2 amide bonds. The van der Waals surface area contributed by atoms with Crippen LogP contribution in [0.2, 0.25) is 0 Å². The van der Waals surface area contributed by atoms with Gasteiger partial charge in [-0.15, -0.1) is 11.3 Å². The Labute approximate surface area is 198 Å². The molecule has 0 radical (unpaired) electrons. The Morgan fingerprint density at radius 3 is 2.79 bits per heavy atom. The third kappa shape index (κ3) is 4.25. The number of carbonyl (C=O) groups is 2. The van der Waals surface area contributed by atoms with E-state index in [1.807, 2.05) is 6.92 Å². The predicted molar refractivity (Wildman–Crippen MR) is 125 cm³/mol. The molecular formula is C24H20FN5O3S. The number of benzene rings is 2. The van der Waals surface area contributed by atoms with Crippen LogP contribution in [0.5, 0.6) is 0 Å². The minimum absolute atomic E-state index is 0.107. The van der Waals surface area contributed by atoms with Crippen molar-refractivity contribution in [3.05, 3.63) is 76.9 Å². The van der Waals surface area contributed by atoms with Crippen LogP contribution in [0.1, 0.15) is 25.9 Å². The summed E-state index contributed by atoms with van der Waals surface area (Å²) in [6.07, 6.45) is 2.47. The molecular weight excluding hydrogens is 457 g/mol. The monoisotopic (exact) mass is 477 g/mol. The number of nitrogens with one attached hydrogen (secondary N) is 1. The number of fused-ring (bicyclic) bond motifs is 1. The van der Waals surface area contributed by atoms with Gasteiger partial charge in [-0.25, -0.2) is 9.37 Å². The van der Waals surface area contributed by atoms with E-state index < -0.39 is 6.23 Å². The molecule has 3 heterocycles. The second kappa shape index (κ2) is 9.24. The van der Waals surface area contributed by atoms with Crippen molar-refractivity contribution in [1.29, 1.82) is 0 Å². The largest absolute Gasteiger partial charge is 0.355 e. The maximum Gasteiger partial charge on any atom is 0.276 e. The number of hydrogen-bond donors (Lipinski definition) is 1. The molecule has 0 bridgehead atoms. The van der Waals surface area contributed by atoms with Crippen LogP contribution >= 0.6 is 11.3 Å². The first-order chi connectivity index (χ1) is 16.5. The van der Waals surface area contributed by atoms with E-state index in [4.69, 9.17) is 4.74 Å². The second-order valence-electron chi connectivity index (χ2n) is 7.68. The molecule has 1 saturated heterocycles. The van der Waals surface area contributed by atoms with Gasteiger partial charge in [-0.3, -0.25) is 19.6 Å². The number of carbonyl (C=O) groups excluding carboxylic acids is 2. The van der Waals surface area contributed by atoms with Gasteiger partial charge in [-0.05, 0) is 36.8 Å². The smallest absolute Gasteiger partial charge is 0.276 e. The molecule has 34 heavy (non-hydrogen) atoms. The topological polar surface area (TPSA) is 97.3 Å². The summed E-state index contributed by atoms with van der Waals surface area (Å²) in [6, 6.07) is 11.2. The van der Waals surface area contributed by atoms with Crippen molar-refractivity contribution in [3.63, 3.8) is 0 Å². The van der Waals surface area contributed by atoms with Gasteiger partial charge in [0, 0.05) is 18.9 Å². The van der Waals surface area contributed by atoms with Crippen LogP contribution in [-0.4, -0.2) is 57.6 Å². The summed E-state index contributed by atoms with van der Waals surface area (Å²) >= 11 is 1.37. The van der Waals surface area contributed by atoms with Crippen molar-refractivity contribution < 1.29 is 18.7 Å². The van der Waals surface area contributed by atoms with Gasteiger partial charge in [0.25, 0.3) is 11.8 Å². The first-order valence-electron chi connectivity index (χ1n) is 10.6. The highest BCUT2D eigenvalue weighted by molar-refractivity contribution is 7.15. The SMILES string of the molecule is Cc1nc(C(=O)N2CCOC2CNC(=O)c2cccc3nccnc23)c(-c2ccc(F)cc2)s1. The molecule has 8 nitrogen and oxygen atoms in total. The average Bonchev–Trinajstić information content (AvgIpc) is 3.49. The zero-order valence-electron chi connectivity index (χ0n) is 18.2. The molecule has 2 aromatic heterocycles. The van der Waals surface area contributed by atoms with Crippen molar-refractivity contribution in [3.8, 4) is 10.4 Å². The first kappa shape index (κ1) is 22.1. The molecule has 1 fully saturated rings. The number of nitrogens with zero attached hydrogens (tertiary/aromatic N) is 4. The molecule has 0 aliphatic carbocycles. The fourth-order valence-electron chi connectivity index (χ4n) is 3.88. The zero-order valence-corrected chi connectivity index (χ0v) is 19.0. The summed E-state index contributed by atoms with van der Waals surface area (Å²) in [5, 5.41) is 3.57. The van der Waals surface area contributed by atoms with E-state index in [1.54, 1.807) is 41.4 Å². The van der Waals surface area contributed by atoms with E-state index in [1.165, 1.54) is 29.7 Å². The second-order valence-corrected chi connectivity index (χ2v) is 8.88. The van der Waals surface area contributed by atoms with Gasteiger partial charge in [0.05, 0.1) is 34.1 Å². The van der Waals surface area contributed by atoms with E-state index >= 15 is 0 Å². The van der Waals surface area contributed by atoms with Crippen LogP contribution in [0.25, 0.3) is 21.5 Å². The number of aryl methyl sites for hydroxylation is 1. The van der Waals surface area contributed by atoms with Crippen LogP contribution < -0.4 is 5.32 Å². The molecule has 1 N–H and O–H groups in total. The lowest BCUT2D eigenvalue weighted by Crippen LogP contribution is -2.44. The summed E-state index contributed by atoms with van der Waals surface area (Å²) < 4.78 is 19.1. The Hall–Kier alpha value is -3.76. The highest BCUT2D eigenvalue weighted by Gasteiger charge is 2.33. The lowest BCUT2D eigenvalue weighted by molar-refractivity contribution is 0.0277. The van der Waals surface area contributed by atoms with Crippen LogP contribution in [0, 0.1) is 12.7 Å². The van der Waals surface area contributed by atoms with Crippen LogP contribution in [0.15, 0.2) is 54.9 Å². The summed E-state index contributed by atoms with van der Waals surface area (Å²) in [5.41, 5.74) is 2.54. The van der Waals surface area contributed by atoms with Crippen molar-refractivity contribution in [2.45, 2.75) is 13.2 Å². The van der Waals surface area contributed by atoms with Gasteiger partial charge < -0.3 is 15.0 Å². The van der Waals surface area contributed by atoms with E-state index in [2.05, 4.69) is 20.3 Å². The Morgan fingerprint density at radius 2 is 1.97 bits per heavy atom. The zero-order chi connectivity index (χ0) is 23.7. The van der Waals surface area contributed by atoms with Crippen molar-refractivity contribution in [2.24, 2.45) is 0 Å². The molecule has 1 aliphatic rings. The van der Waals surface area contributed by atoms with Gasteiger partial charge in [0.1, 0.15) is 23.3 Å². The normalized spacial score (nSPS) is 15.6. The average molecular weight is 478 g/mol. The third-order valence-corrected chi connectivity index (χ3v) is 6.49. The van der Waals surface area contributed by atoms with Crippen molar-refractivity contribution >= 4 is 34.2 Å². The summed E-state index contributed by atoms with van der Waals surface area (Å²) in [7, 11) is 0. The molecule has 1 unspecified atom stereocenters. The molecule has 1 aliphatic heterocycles. The maximum absolute atomic E-state index is 13.4. The third-order valence-electron chi connectivity index (χ3n) is 5.47. The van der Waals surface area contributed by atoms with E-state index in [-0.39, 0.29) is 24.2 Å². The minimum atomic E-state index is -0.638. The van der Waals surface area contributed by atoms with Crippen molar-refractivity contribution in [2.75, 3.05) is 19.7 Å². The molecule has 0 saturated carbocycles. The summed E-state index contributed by atoms with van der Waals surface area (Å²) in [6.45, 7) is 2.65. The Morgan fingerprint density at radius 1 is 1.18 bits per heavy atom. The number of hydrogen-bond acceptors (Lipinski definition) is 7. The number of halogens is 1. The molecule has 10 heteroatoms. The summed E-state index contributed by atoms with van der Waals surface area (Å²) in [4.78, 5) is 41.4. The highest BCUT2D eigenvalue weighted by atomic mass is 32.1. The number of aromatic nitrogens is 3. The molecule has 2 aromatic carbocycles. The van der Waals surface area contributed by atoms with E-state index in [0.29, 0.717) is 40.3 Å². The van der Waals surface area contributed by atoms with Crippen LogP contribution in [0.3, 0.4) is 0 Å². The molecule has 4 aromatic rings. The maximum atomic E-state index is 13.4. The Bertz CT molecular complexity index is 1370. The number of para-hydroxylation sites is 1. The number of rotatable bonds is 5. The minimum Gasteiger partial charge on any atom is -0.355 e. The number of thiazole rings is 1. The lowest BCUT2D eigenvalue weighted by atomic mass is 10.1. The molecule has 0 spiro atoms. The van der Waals surface area contributed by atoms with Gasteiger partial charge in [-0.2, -0.15) is 0 Å². The van der Waals surface area contributed by atoms with Gasteiger partial charge in [0.15, 0.2) is 0 Å². The molecule has 5 rings (SSSR count). The fourth-order valence-corrected chi connectivity index (χ4v) is 4.79. The molecule has 1 atom stereocenters. The number of ether oxygens (including phenoxy) is 1. The summed E-state index contributed by atoms with van der Waals surface area (Å²) in [5.74, 6) is -0.972. The Kier molecular flexibility index (Phi) is 5.99. The quantitative estimate of drug-likeness (QED) is 0.473. The Balaban J connectivity index is 1.33. The van der Waals surface area contributed by atoms with Crippen molar-refractivity contribution in [1.82, 2.24) is 25.2 Å². The predicted octanol–water partition coefficient (Wildman–Crippen LogP) is 3.43. The van der Waals surface area contributed by atoms with Crippen LogP contribution in [0.4, 0.5) is 4.39 Å². The lowest BCUT2D eigenvalue weighted by Gasteiger charge is -2.23. The number of amides is 2. The standard InChI is InChI=1S/C24H20FN5O3S/c1-14-29-21(22(34-14)15-5-7-16(25)8-6-15)24(32)30-11-12-33-19(30)13-28-23(31)17-3-2-4-18-20(17)27-10-9-26-18/h2-10,19H,11-13H2,1H3,(H,28,31). The van der Waals surface area contributed by atoms with Gasteiger partial charge >= 0.3 is 0 Å². The highest BCUT2D eigenvalue weighted by Crippen LogP contribution is 2.32. The first-order valence-corrected chi connectivity index (χ1v) is 11.5.